The van der Waals surface area contributed by atoms with Gasteiger partial charge < -0.3 is 10.1 Å². The van der Waals surface area contributed by atoms with E-state index in [1.165, 1.54) is 0 Å². The summed E-state index contributed by atoms with van der Waals surface area (Å²) in [5.41, 5.74) is 1.16. The van der Waals surface area contributed by atoms with E-state index in [1.807, 2.05) is 31.2 Å². The number of hydrogen-bond donors (Lipinski definition) is 1. The maximum atomic E-state index is 11.0. The molecule has 0 saturated carbocycles. The molecule has 17 heavy (non-hydrogen) atoms. The molecule has 0 bridgehead atoms. The van der Waals surface area contributed by atoms with Gasteiger partial charge in [0.05, 0.1) is 0 Å². The molecule has 0 aromatic heterocycles. The third-order valence-corrected chi connectivity index (χ3v) is 2.55. The van der Waals surface area contributed by atoms with Crippen molar-refractivity contribution < 1.29 is 9.53 Å². The standard InChI is InChI=1S/C13H18ClNO2/c1-3-13(16)17-10(2)8-15-9-11-4-6-12(14)7-5-11/h4-7,10,15H,3,8-9H2,1-2H3. The Balaban J connectivity index is 2.23. The van der Waals surface area contributed by atoms with Crippen LogP contribution in [0.1, 0.15) is 25.8 Å². The lowest BCUT2D eigenvalue weighted by molar-refractivity contribution is -0.147. The molecule has 0 spiro atoms. The van der Waals surface area contributed by atoms with Gasteiger partial charge in [-0.25, -0.2) is 0 Å². The number of carbonyl (C=O) groups excluding carboxylic acids is 1. The van der Waals surface area contributed by atoms with E-state index in [2.05, 4.69) is 5.32 Å². The Morgan fingerprint density at radius 3 is 2.65 bits per heavy atom. The molecule has 1 atom stereocenters. The van der Waals surface area contributed by atoms with Crippen LogP contribution >= 0.6 is 11.6 Å². The molecule has 1 aromatic carbocycles. The van der Waals surface area contributed by atoms with Crippen LogP contribution in [0.2, 0.25) is 5.02 Å². The number of hydrogen-bond acceptors (Lipinski definition) is 3. The highest BCUT2D eigenvalue weighted by atomic mass is 35.5. The van der Waals surface area contributed by atoms with Crippen molar-refractivity contribution in [1.82, 2.24) is 5.32 Å². The van der Waals surface area contributed by atoms with Gasteiger partial charge in [-0.2, -0.15) is 0 Å². The molecule has 0 radical (unpaired) electrons. The average molecular weight is 256 g/mol. The normalized spacial score (nSPS) is 12.2. The van der Waals surface area contributed by atoms with Crippen LogP contribution in [0.15, 0.2) is 24.3 Å². The second-order valence-corrected chi connectivity index (χ2v) is 4.35. The number of ether oxygens (including phenoxy) is 1. The van der Waals surface area contributed by atoms with Crippen LogP contribution in [0.5, 0.6) is 0 Å². The van der Waals surface area contributed by atoms with Gasteiger partial charge in [0.15, 0.2) is 0 Å². The van der Waals surface area contributed by atoms with Crippen LogP contribution in [-0.4, -0.2) is 18.6 Å². The number of nitrogens with one attached hydrogen (secondary N) is 1. The van der Waals surface area contributed by atoms with E-state index in [1.54, 1.807) is 6.92 Å². The van der Waals surface area contributed by atoms with E-state index in [0.29, 0.717) is 13.0 Å². The smallest absolute Gasteiger partial charge is 0.305 e. The lowest BCUT2D eigenvalue weighted by Crippen LogP contribution is -2.28. The van der Waals surface area contributed by atoms with Gasteiger partial charge in [0.1, 0.15) is 6.10 Å². The topological polar surface area (TPSA) is 38.3 Å². The van der Waals surface area contributed by atoms with E-state index in [-0.39, 0.29) is 12.1 Å². The minimum absolute atomic E-state index is 0.102. The van der Waals surface area contributed by atoms with Gasteiger partial charge >= 0.3 is 5.97 Å². The van der Waals surface area contributed by atoms with Crippen LogP contribution < -0.4 is 5.32 Å². The first-order valence-corrected chi connectivity index (χ1v) is 6.14. The highest BCUT2D eigenvalue weighted by molar-refractivity contribution is 6.30. The Morgan fingerprint density at radius 2 is 2.06 bits per heavy atom. The second kappa shape index (κ2) is 7.30. The van der Waals surface area contributed by atoms with Crippen molar-refractivity contribution in [3.8, 4) is 0 Å². The zero-order valence-corrected chi connectivity index (χ0v) is 11.0. The number of halogens is 1. The highest BCUT2D eigenvalue weighted by Gasteiger charge is 2.06. The number of rotatable bonds is 6. The molecule has 0 saturated heterocycles. The maximum absolute atomic E-state index is 11.0. The van der Waals surface area contributed by atoms with Gasteiger partial charge in [0.25, 0.3) is 0 Å². The zero-order valence-electron chi connectivity index (χ0n) is 10.2. The van der Waals surface area contributed by atoms with E-state index in [9.17, 15) is 4.79 Å². The Kier molecular flexibility index (Phi) is 6.01. The molecule has 1 rings (SSSR count). The summed E-state index contributed by atoms with van der Waals surface area (Å²) >= 11 is 5.79. The van der Waals surface area contributed by atoms with Crippen molar-refractivity contribution in [2.75, 3.05) is 6.54 Å². The van der Waals surface area contributed by atoms with Crippen molar-refractivity contribution in [1.29, 1.82) is 0 Å². The van der Waals surface area contributed by atoms with Gasteiger partial charge in [-0.05, 0) is 24.6 Å². The van der Waals surface area contributed by atoms with Gasteiger partial charge in [-0.1, -0.05) is 30.7 Å². The number of esters is 1. The minimum atomic E-state index is -0.161. The molecule has 4 heteroatoms. The lowest BCUT2D eigenvalue weighted by atomic mass is 10.2. The summed E-state index contributed by atoms with van der Waals surface area (Å²) in [4.78, 5) is 11.0. The molecule has 94 valence electrons. The molecule has 0 heterocycles. The molecular weight excluding hydrogens is 238 g/mol. The fraction of sp³-hybridized carbons (Fsp3) is 0.462. The Bertz CT molecular complexity index is 351. The third kappa shape index (κ3) is 5.71. The Hall–Kier alpha value is -1.06. The van der Waals surface area contributed by atoms with Gasteiger partial charge in [0.2, 0.25) is 0 Å². The summed E-state index contributed by atoms with van der Waals surface area (Å²) in [7, 11) is 0. The first kappa shape index (κ1) is 14.0. The predicted molar refractivity (Wildman–Crippen MR) is 69.0 cm³/mol. The maximum Gasteiger partial charge on any atom is 0.305 e. The van der Waals surface area contributed by atoms with Gasteiger partial charge in [-0.15, -0.1) is 0 Å². The van der Waals surface area contributed by atoms with Crippen molar-refractivity contribution in [2.45, 2.75) is 32.9 Å². The fourth-order valence-corrected chi connectivity index (χ4v) is 1.50. The van der Waals surface area contributed by atoms with Crippen LogP contribution in [-0.2, 0) is 16.1 Å². The van der Waals surface area contributed by atoms with Crippen LogP contribution in [0.3, 0.4) is 0 Å². The Labute approximate surface area is 107 Å². The highest BCUT2D eigenvalue weighted by Crippen LogP contribution is 2.09. The first-order valence-electron chi connectivity index (χ1n) is 5.76. The molecule has 0 amide bonds. The van der Waals surface area contributed by atoms with Crippen molar-refractivity contribution in [2.24, 2.45) is 0 Å². The van der Waals surface area contributed by atoms with Crippen molar-refractivity contribution in [3.63, 3.8) is 0 Å². The van der Waals surface area contributed by atoms with Crippen molar-refractivity contribution in [3.05, 3.63) is 34.9 Å². The summed E-state index contributed by atoms with van der Waals surface area (Å²) in [6.45, 7) is 5.05. The minimum Gasteiger partial charge on any atom is -0.461 e. The summed E-state index contributed by atoms with van der Waals surface area (Å²) < 4.78 is 5.13. The van der Waals surface area contributed by atoms with Gasteiger partial charge in [0, 0.05) is 24.5 Å². The van der Waals surface area contributed by atoms with E-state index < -0.39 is 0 Å². The molecule has 1 N–H and O–H groups in total. The largest absolute Gasteiger partial charge is 0.461 e. The van der Waals surface area contributed by atoms with E-state index in [0.717, 1.165) is 17.1 Å². The van der Waals surface area contributed by atoms with Crippen LogP contribution in [0, 0.1) is 0 Å². The summed E-state index contributed by atoms with van der Waals surface area (Å²) in [5, 5.41) is 3.97. The average Bonchev–Trinajstić information content (AvgIpc) is 2.31. The second-order valence-electron chi connectivity index (χ2n) is 3.91. The molecule has 3 nitrogen and oxygen atoms in total. The summed E-state index contributed by atoms with van der Waals surface area (Å²) in [6.07, 6.45) is 0.316. The third-order valence-electron chi connectivity index (χ3n) is 2.30. The number of benzene rings is 1. The monoisotopic (exact) mass is 255 g/mol. The SMILES string of the molecule is CCC(=O)OC(C)CNCc1ccc(Cl)cc1. The first-order chi connectivity index (χ1) is 8.11. The van der Waals surface area contributed by atoms with Gasteiger partial charge in [-0.3, -0.25) is 4.79 Å². The molecule has 1 aromatic rings. The molecule has 1 unspecified atom stereocenters. The van der Waals surface area contributed by atoms with Crippen LogP contribution in [0.25, 0.3) is 0 Å². The van der Waals surface area contributed by atoms with Crippen LogP contribution in [0.4, 0.5) is 0 Å². The zero-order chi connectivity index (χ0) is 12.7. The number of carbonyl (C=O) groups is 1. The van der Waals surface area contributed by atoms with E-state index in [4.69, 9.17) is 16.3 Å². The molecule has 0 aliphatic heterocycles. The summed E-state index contributed by atoms with van der Waals surface area (Å²) in [6, 6.07) is 7.66. The van der Waals surface area contributed by atoms with Crippen molar-refractivity contribution >= 4 is 17.6 Å². The molecular formula is C13H18ClNO2. The summed E-state index contributed by atoms with van der Waals surface area (Å²) in [5.74, 6) is -0.161. The fourth-order valence-electron chi connectivity index (χ4n) is 1.37. The molecule has 0 aliphatic carbocycles. The quantitative estimate of drug-likeness (QED) is 0.795. The Morgan fingerprint density at radius 1 is 1.41 bits per heavy atom. The predicted octanol–water partition coefficient (Wildman–Crippen LogP) is 2.77. The van der Waals surface area contributed by atoms with E-state index >= 15 is 0 Å². The lowest BCUT2D eigenvalue weighted by Gasteiger charge is -2.13. The molecule has 0 fully saturated rings. The molecule has 0 aliphatic rings.